The Morgan fingerprint density at radius 1 is 1.24 bits per heavy atom. The van der Waals surface area contributed by atoms with Gasteiger partial charge in [0.1, 0.15) is 0 Å². The first-order valence-corrected chi connectivity index (χ1v) is 7.26. The van der Waals surface area contributed by atoms with Gasteiger partial charge in [0.15, 0.2) is 0 Å². The van der Waals surface area contributed by atoms with Gasteiger partial charge in [-0.3, -0.25) is 9.59 Å². The van der Waals surface area contributed by atoms with Crippen molar-refractivity contribution in [2.24, 2.45) is 5.92 Å². The maximum Gasteiger partial charge on any atom is 0.254 e. The molecule has 0 atom stereocenters. The van der Waals surface area contributed by atoms with E-state index in [0.717, 1.165) is 18.4 Å². The maximum atomic E-state index is 12.5. The monoisotopic (exact) mass is 289 g/mol. The minimum atomic E-state index is 0.0308. The van der Waals surface area contributed by atoms with Crippen molar-refractivity contribution in [3.8, 4) is 0 Å². The van der Waals surface area contributed by atoms with Crippen molar-refractivity contribution >= 4 is 17.5 Å². The van der Waals surface area contributed by atoms with Gasteiger partial charge in [-0.15, -0.1) is 0 Å². The molecule has 0 aliphatic carbocycles. The molecule has 1 aromatic rings. The first-order chi connectivity index (χ1) is 9.90. The highest BCUT2D eigenvalue weighted by atomic mass is 16.2. The van der Waals surface area contributed by atoms with Crippen LogP contribution < -0.4 is 5.73 Å². The topological polar surface area (TPSA) is 66.6 Å². The van der Waals surface area contributed by atoms with Crippen LogP contribution in [0.25, 0.3) is 0 Å². The maximum absolute atomic E-state index is 12.5. The predicted octanol–water partition coefficient (Wildman–Crippen LogP) is 1.52. The highest BCUT2D eigenvalue weighted by molar-refractivity contribution is 5.96. The van der Waals surface area contributed by atoms with Crippen LogP contribution in [-0.2, 0) is 4.79 Å². The van der Waals surface area contributed by atoms with E-state index in [9.17, 15) is 9.59 Å². The van der Waals surface area contributed by atoms with Crippen LogP contribution in [0.2, 0.25) is 0 Å². The van der Waals surface area contributed by atoms with Crippen LogP contribution in [0.3, 0.4) is 0 Å². The molecule has 1 heterocycles. The van der Waals surface area contributed by atoms with E-state index in [1.54, 1.807) is 31.1 Å². The third kappa shape index (κ3) is 3.35. The largest absolute Gasteiger partial charge is 0.399 e. The summed E-state index contributed by atoms with van der Waals surface area (Å²) in [5.74, 6) is 0.227. The fourth-order valence-electron chi connectivity index (χ4n) is 2.79. The summed E-state index contributed by atoms with van der Waals surface area (Å²) in [6.07, 6.45) is 1.47. The minimum absolute atomic E-state index is 0.0308. The molecule has 1 saturated heterocycles. The normalized spacial score (nSPS) is 15.9. The van der Waals surface area contributed by atoms with Crippen molar-refractivity contribution in [3.05, 3.63) is 29.3 Å². The lowest BCUT2D eigenvalue weighted by Gasteiger charge is -2.32. The van der Waals surface area contributed by atoms with Gasteiger partial charge in [0, 0.05) is 44.4 Å². The first kappa shape index (κ1) is 15.4. The second-order valence-electron chi connectivity index (χ2n) is 5.87. The van der Waals surface area contributed by atoms with E-state index in [0.29, 0.717) is 24.3 Å². The van der Waals surface area contributed by atoms with E-state index in [1.165, 1.54) is 0 Å². The highest BCUT2D eigenvalue weighted by Gasteiger charge is 2.28. The van der Waals surface area contributed by atoms with Gasteiger partial charge >= 0.3 is 0 Å². The van der Waals surface area contributed by atoms with Crippen molar-refractivity contribution in [1.82, 2.24) is 9.80 Å². The van der Waals surface area contributed by atoms with Gasteiger partial charge in [-0.2, -0.15) is 0 Å². The highest BCUT2D eigenvalue weighted by Crippen LogP contribution is 2.22. The molecule has 5 nitrogen and oxygen atoms in total. The summed E-state index contributed by atoms with van der Waals surface area (Å²) < 4.78 is 0. The molecule has 1 aliphatic rings. The van der Waals surface area contributed by atoms with Crippen LogP contribution in [0.4, 0.5) is 5.69 Å². The lowest BCUT2D eigenvalue weighted by molar-refractivity contribution is -0.134. The van der Waals surface area contributed by atoms with Crippen molar-refractivity contribution in [2.45, 2.75) is 19.8 Å². The van der Waals surface area contributed by atoms with Gasteiger partial charge in [-0.05, 0) is 43.5 Å². The van der Waals surface area contributed by atoms with Crippen LogP contribution in [0, 0.1) is 12.8 Å². The Balaban J connectivity index is 2.02. The molecule has 21 heavy (non-hydrogen) atoms. The van der Waals surface area contributed by atoms with E-state index in [2.05, 4.69) is 0 Å². The lowest BCUT2D eigenvalue weighted by atomic mass is 9.94. The second-order valence-corrected chi connectivity index (χ2v) is 5.87. The minimum Gasteiger partial charge on any atom is -0.399 e. The van der Waals surface area contributed by atoms with E-state index in [-0.39, 0.29) is 17.7 Å². The van der Waals surface area contributed by atoms with Crippen molar-refractivity contribution < 1.29 is 9.59 Å². The number of nitrogens with two attached hydrogens (primary N) is 1. The SMILES string of the molecule is Cc1cc(N)ccc1C(=O)N1CCC(C(=O)N(C)C)CC1. The van der Waals surface area contributed by atoms with Gasteiger partial charge in [-0.1, -0.05) is 0 Å². The van der Waals surface area contributed by atoms with Gasteiger partial charge in [-0.25, -0.2) is 0 Å². The first-order valence-electron chi connectivity index (χ1n) is 7.26. The number of hydrogen-bond donors (Lipinski definition) is 1. The average Bonchev–Trinajstić information content (AvgIpc) is 2.46. The summed E-state index contributed by atoms with van der Waals surface area (Å²) in [7, 11) is 3.55. The van der Waals surface area contributed by atoms with Crippen molar-refractivity contribution in [3.63, 3.8) is 0 Å². The molecule has 1 aromatic carbocycles. The molecule has 0 spiro atoms. The number of anilines is 1. The summed E-state index contributed by atoms with van der Waals surface area (Å²) in [6.45, 7) is 3.16. The average molecular weight is 289 g/mol. The van der Waals surface area contributed by atoms with Crippen molar-refractivity contribution in [2.75, 3.05) is 32.9 Å². The molecular formula is C16H23N3O2. The van der Waals surface area contributed by atoms with E-state index in [4.69, 9.17) is 5.73 Å². The van der Waals surface area contributed by atoms with E-state index < -0.39 is 0 Å². The lowest BCUT2D eigenvalue weighted by Crippen LogP contribution is -2.42. The molecule has 0 aromatic heterocycles. The van der Waals surface area contributed by atoms with Gasteiger partial charge < -0.3 is 15.5 Å². The number of aryl methyl sites for hydroxylation is 1. The quantitative estimate of drug-likeness (QED) is 0.839. The summed E-state index contributed by atoms with van der Waals surface area (Å²) in [5, 5.41) is 0. The molecule has 2 amide bonds. The number of carbonyl (C=O) groups is 2. The number of nitrogen functional groups attached to an aromatic ring is 1. The van der Waals surface area contributed by atoms with Crippen LogP contribution in [0.5, 0.6) is 0 Å². The number of hydrogen-bond acceptors (Lipinski definition) is 3. The molecule has 0 saturated carbocycles. The standard InChI is InChI=1S/C16H23N3O2/c1-11-10-13(17)4-5-14(11)16(21)19-8-6-12(7-9-19)15(20)18(2)3/h4-5,10,12H,6-9,17H2,1-3H3. The van der Waals surface area contributed by atoms with Crippen molar-refractivity contribution in [1.29, 1.82) is 0 Å². The fraction of sp³-hybridized carbons (Fsp3) is 0.500. The zero-order valence-corrected chi connectivity index (χ0v) is 12.9. The Morgan fingerprint density at radius 3 is 2.38 bits per heavy atom. The second kappa shape index (κ2) is 6.16. The van der Waals surface area contributed by atoms with E-state index in [1.807, 2.05) is 17.9 Å². The molecule has 2 rings (SSSR count). The number of rotatable bonds is 2. The summed E-state index contributed by atoms with van der Waals surface area (Å²) in [6, 6.07) is 5.35. The van der Waals surface area contributed by atoms with Crippen LogP contribution >= 0.6 is 0 Å². The molecular weight excluding hydrogens is 266 g/mol. The van der Waals surface area contributed by atoms with Crippen LogP contribution in [0.1, 0.15) is 28.8 Å². The Morgan fingerprint density at radius 2 is 1.86 bits per heavy atom. The summed E-state index contributed by atoms with van der Waals surface area (Å²) in [5.41, 5.74) is 7.98. The zero-order chi connectivity index (χ0) is 15.6. The Bertz CT molecular complexity index is 546. The summed E-state index contributed by atoms with van der Waals surface area (Å²) in [4.78, 5) is 27.9. The number of carbonyl (C=O) groups excluding carboxylic acids is 2. The number of likely N-dealkylation sites (tertiary alicyclic amines) is 1. The number of piperidine rings is 1. The third-order valence-electron chi connectivity index (χ3n) is 4.05. The molecule has 5 heteroatoms. The zero-order valence-electron chi connectivity index (χ0n) is 12.9. The van der Waals surface area contributed by atoms with E-state index >= 15 is 0 Å². The number of nitrogens with zero attached hydrogens (tertiary/aromatic N) is 2. The molecule has 2 N–H and O–H groups in total. The summed E-state index contributed by atoms with van der Waals surface area (Å²) >= 11 is 0. The smallest absolute Gasteiger partial charge is 0.254 e. The van der Waals surface area contributed by atoms with Gasteiger partial charge in [0.2, 0.25) is 5.91 Å². The fourth-order valence-corrected chi connectivity index (χ4v) is 2.79. The molecule has 0 bridgehead atoms. The molecule has 1 aliphatic heterocycles. The molecule has 114 valence electrons. The molecule has 1 fully saturated rings. The predicted molar refractivity (Wildman–Crippen MR) is 82.9 cm³/mol. The van der Waals surface area contributed by atoms with Crippen LogP contribution in [-0.4, -0.2) is 48.8 Å². The Kier molecular flexibility index (Phi) is 4.50. The molecule has 0 radical (unpaired) electrons. The Labute approximate surface area is 125 Å². The Hall–Kier alpha value is -2.04. The van der Waals surface area contributed by atoms with Gasteiger partial charge in [0.05, 0.1) is 0 Å². The number of benzene rings is 1. The van der Waals surface area contributed by atoms with Gasteiger partial charge in [0.25, 0.3) is 5.91 Å². The molecule has 0 unspecified atom stereocenters. The number of amides is 2. The van der Waals surface area contributed by atoms with Crippen LogP contribution in [0.15, 0.2) is 18.2 Å². The third-order valence-corrected chi connectivity index (χ3v) is 4.05.